The van der Waals surface area contributed by atoms with Gasteiger partial charge in [-0.3, -0.25) is 4.79 Å². The van der Waals surface area contributed by atoms with Crippen LogP contribution in [0.25, 0.3) is 0 Å². The van der Waals surface area contributed by atoms with Crippen LogP contribution < -0.4 is 0 Å². The Bertz CT molecular complexity index is 786. The molecule has 0 spiro atoms. The molecule has 30 heavy (non-hydrogen) atoms. The Morgan fingerprint density at radius 1 is 1.03 bits per heavy atom. The van der Waals surface area contributed by atoms with Crippen molar-refractivity contribution in [1.29, 1.82) is 0 Å². The van der Waals surface area contributed by atoms with Gasteiger partial charge in [-0.2, -0.15) is 0 Å². The smallest absolute Gasteiger partial charge is 0.155 e. The molecule has 0 aromatic carbocycles. The Hall–Kier alpha value is -1.15. The van der Waals surface area contributed by atoms with E-state index in [1.54, 1.807) is 6.08 Å². The molecule has 0 heterocycles. The Kier molecular flexibility index (Phi) is 5.71. The second kappa shape index (κ2) is 7.76. The summed E-state index contributed by atoms with van der Waals surface area (Å²) in [6.07, 6.45) is 14.8. The SMILES string of the molecule is CC(C)C(C)C=CC(C)C1CCC2C3=CC(O)C4=CC(=O)CCC4(C)C3CCC21C. The minimum absolute atomic E-state index is 0.0327. The molecule has 0 saturated heterocycles. The van der Waals surface area contributed by atoms with Gasteiger partial charge in [-0.1, -0.05) is 65.3 Å². The topological polar surface area (TPSA) is 37.3 Å². The van der Waals surface area contributed by atoms with E-state index < -0.39 is 6.10 Å². The van der Waals surface area contributed by atoms with Gasteiger partial charge in [-0.15, -0.1) is 0 Å². The number of fused-ring (bicyclic) bond motifs is 5. The quantitative estimate of drug-likeness (QED) is 0.536. The van der Waals surface area contributed by atoms with E-state index in [9.17, 15) is 9.90 Å². The van der Waals surface area contributed by atoms with Crippen molar-refractivity contribution in [2.24, 2.45) is 46.3 Å². The molecular formula is C28H42O2. The maximum Gasteiger partial charge on any atom is 0.155 e. The maximum absolute atomic E-state index is 12.1. The number of allylic oxidation sites excluding steroid dienone is 4. The lowest BCUT2D eigenvalue weighted by molar-refractivity contribution is -0.116. The van der Waals surface area contributed by atoms with E-state index in [-0.39, 0.29) is 11.2 Å². The molecule has 0 aromatic heterocycles. The van der Waals surface area contributed by atoms with Crippen LogP contribution in [0.3, 0.4) is 0 Å². The first-order valence-electron chi connectivity index (χ1n) is 12.4. The summed E-state index contributed by atoms with van der Waals surface area (Å²) in [5.41, 5.74) is 2.81. The van der Waals surface area contributed by atoms with Gasteiger partial charge in [0.1, 0.15) is 0 Å². The van der Waals surface area contributed by atoms with Gasteiger partial charge in [-0.05, 0) is 90.1 Å². The number of hydrogen-bond donors (Lipinski definition) is 1. The summed E-state index contributed by atoms with van der Waals surface area (Å²) in [5.74, 6) is 3.92. The summed E-state index contributed by atoms with van der Waals surface area (Å²) in [5, 5.41) is 11.0. The molecule has 8 unspecified atom stereocenters. The van der Waals surface area contributed by atoms with Gasteiger partial charge in [0.2, 0.25) is 0 Å². The highest BCUT2D eigenvalue weighted by Crippen LogP contribution is 2.66. The lowest BCUT2D eigenvalue weighted by Crippen LogP contribution is -2.48. The zero-order valence-corrected chi connectivity index (χ0v) is 19.9. The fourth-order valence-corrected chi connectivity index (χ4v) is 7.53. The normalized spacial score (nSPS) is 43.0. The van der Waals surface area contributed by atoms with Crippen LogP contribution in [0.5, 0.6) is 0 Å². The molecule has 0 radical (unpaired) electrons. The van der Waals surface area contributed by atoms with Crippen molar-refractivity contribution in [1.82, 2.24) is 0 Å². The van der Waals surface area contributed by atoms with E-state index in [4.69, 9.17) is 0 Å². The van der Waals surface area contributed by atoms with Crippen molar-refractivity contribution in [3.63, 3.8) is 0 Å². The average molecular weight is 411 g/mol. The van der Waals surface area contributed by atoms with E-state index >= 15 is 0 Å². The van der Waals surface area contributed by atoms with Gasteiger partial charge < -0.3 is 5.11 Å². The zero-order valence-electron chi connectivity index (χ0n) is 19.9. The third kappa shape index (κ3) is 3.38. The maximum atomic E-state index is 12.1. The Labute approximate surface area is 183 Å². The number of aliphatic hydroxyl groups excluding tert-OH is 1. The Morgan fingerprint density at radius 3 is 2.47 bits per heavy atom. The van der Waals surface area contributed by atoms with Crippen LogP contribution in [0.4, 0.5) is 0 Å². The summed E-state index contributed by atoms with van der Waals surface area (Å²) < 4.78 is 0. The molecule has 2 saturated carbocycles. The van der Waals surface area contributed by atoms with Crippen molar-refractivity contribution < 1.29 is 9.90 Å². The number of carbonyl (C=O) groups is 1. The third-order valence-electron chi connectivity index (χ3n) is 9.90. The number of hydrogen-bond acceptors (Lipinski definition) is 2. The van der Waals surface area contributed by atoms with Gasteiger partial charge in [0.25, 0.3) is 0 Å². The molecule has 4 aliphatic rings. The predicted octanol–water partition coefficient (Wildman–Crippen LogP) is 6.51. The molecule has 2 nitrogen and oxygen atoms in total. The van der Waals surface area contributed by atoms with Crippen LogP contribution in [0.15, 0.2) is 35.5 Å². The van der Waals surface area contributed by atoms with Crippen molar-refractivity contribution in [3.05, 3.63) is 35.5 Å². The molecule has 1 N–H and O–H groups in total. The molecule has 4 rings (SSSR count). The van der Waals surface area contributed by atoms with Gasteiger partial charge in [-0.25, -0.2) is 0 Å². The first kappa shape index (κ1) is 22.1. The summed E-state index contributed by atoms with van der Waals surface area (Å²) in [6, 6.07) is 0. The van der Waals surface area contributed by atoms with Crippen molar-refractivity contribution in [2.45, 2.75) is 86.2 Å². The minimum atomic E-state index is -0.573. The molecule has 8 atom stereocenters. The fourth-order valence-electron chi connectivity index (χ4n) is 7.53. The van der Waals surface area contributed by atoms with E-state index in [1.807, 2.05) is 0 Å². The molecule has 2 heteroatoms. The highest BCUT2D eigenvalue weighted by molar-refractivity contribution is 5.92. The molecule has 4 aliphatic carbocycles. The average Bonchev–Trinajstić information content (AvgIpc) is 3.04. The fraction of sp³-hybridized carbons (Fsp3) is 0.750. The van der Waals surface area contributed by atoms with Crippen LogP contribution >= 0.6 is 0 Å². The van der Waals surface area contributed by atoms with Crippen LogP contribution in [0, 0.1) is 46.3 Å². The molecular weight excluding hydrogens is 368 g/mol. The van der Waals surface area contributed by atoms with Gasteiger partial charge >= 0.3 is 0 Å². The summed E-state index contributed by atoms with van der Waals surface area (Å²) >= 11 is 0. The van der Waals surface area contributed by atoms with Gasteiger partial charge in [0, 0.05) is 6.42 Å². The standard InChI is InChI=1S/C28H42O2/c1-17(2)18(3)7-8-19(4)22-9-10-23-21-16-26(30)25-15-20(29)11-13-28(25,6)24(21)12-14-27(22,23)5/h7-8,15-19,22-24,26,30H,9-14H2,1-6H3. The zero-order chi connectivity index (χ0) is 21.8. The Balaban J connectivity index is 1.61. The van der Waals surface area contributed by atoms with Crippen molar-refractivity contribution in [2.75, 3.05) is 0 Å². The van der Waals surface area contributed by atoms with Crippen LogP contribution in [-0.2, 0) is 4.79 Å². The summed E-state index contributed by atoms with van der Waals surface area (Å²) in [7, 11) is 0. The number of ketones is 1. The molecule has 0 aliphatic heterocycles. The summed E-state index contributed by atoms with van der Waals surface area (Å²) in [6.45, 7) is 14.2. The Morgan fingerprint density at radius 2 is 1.77 bits per heavy atom. The van der Waals surface area contributed by atoms with Crippen molar-refractivity contribution in [3.8, 4) is 0 Å². The van der Waals surface area contributed by atoms with Crippen LogP contribution in [0.2, 0.25) is 0 Å². The predicted molar refractivity (Wildman–Crippen MR) is 124 cm³/mol. The second-order valence-electron chi connectivity index (χ2n) is 11.8. The highest BCUT2D eigenvalue weighted by Gasteiger charge is 2.57. The van der Waals surface area contributed by atoms with Crippen LogP contribution in [-0.4, -0.2) is 17.0 Å². The molecule has 0 bridgehead atoms. The largest absolute Gasteiger partial charge is 0.385 e. The van der Waals surface area contributed by atoms with E-state index in [0.717, 1.165) is 17.9 Å². The minimum Gasteiger partial charge on any atom is -0.385 e. The highest BCUT2D eigenvalue weighted by atomic mass is 16.3. The van der Waals surface area contributed by atoms with Gasteiger partial charge in [0.15, 0.2) is 5.78 Å². The van der Waals surface area contributed by atoms with Crippen molar-refractivity contribution >= 4 is 5.78 Å². The second-order valence-corrected chi connectivity index (χ2v) is 11.8. The molecule has 0 aromatic rings. The molecule has 0 amide bonds. The van der Waals surface area contributed by atoms with E-state index in [0.29, 0.717) is 41.4 Å². The van der Waals surface area contributed by atoms with Crippen LogP contribution in [0.1, 0.15) is 80.1 Å². The first-order chi connectivity index (χ1) is 14.1. The third-order valence-corrected chi connectivity index (χ3v) is 9.90. The monoisotopic (exact) mass is 410 g/mol. The first-order valence-corrected chi connectivity index (χ1v) is 12.4. The summed E-state index contributed by atoms with van der Waals surface area (Å²) in [4.78, 5) is 12.1. The lowest BCUT2D eigenvalue weighted by Gasteiger charge is -2.55. The lowest BCUT2D eigenvalue weighted by atomic mass is 9.49. The number of rotatable bonds is 4. The van der Waals surface area contributed by atoms with E-state index in [1.165, 1.54) is 31.3 Å². The van der Waals surface area contributed by atoms with E-state index in [2.05, 4.69) is 59.8 Å². The molecule has 2 fully saturated rings. The number of carbonyl (C=O) groups excluding carboxylic acids is 1. The number of aliphatic hydroxyl groups is 1. The molecule has 166 valence electrons. The van der Waals surface area contributed by atoms with Gasteiger partial charge in [0.05, 0.1) is 6.10 Å².